The van der Waals surface area contributed by atoms with Crippen LogP contribution in [0.4, 0.5) is 4.39 Å². The Balaban J connectivity index is 2.53. The van der Waals surface area contributed by atoms with Crippen molar-refractivity contribution >= 4 is 27.7 Å². The van der Waals surface area contributed by atoms with Crippen LogP contribution in [0.3, 0.4) is 0 Å². The molecule has 0 fully saturated rings. The van der Waals surface area contributed by atoms with Gasteiger partial charge in [-0.2, -0.15) is 0 Å². The number of thioether (sulfide) groups is 1. The zero-order chi connectivity index (χ0) is 13.8. The van der Waals surface area contributed by atoms with Gasteiger partial charge in [0, 0.05) is 14.9 Å². The van der Waals surface area contributed by atoms with E-state index in [2.05, 4.69) is 27.3 Å². The van der Waals surface area contributed by atoms with Crippen molar-refractivity contribution in [1.82, 2.24) is 5.32 Å². The fourth-order valence-corrected chi connectivity index (χ4v) is 3.13. The molecule has 100 valence electrons. The van der Waals surface area contributed by atoms with E-state index < -0.39 is 0 Å². The highest BCUT2D eigenvalue weighted by atomic mass is 79.9. The first-order chi connectivity index (χ1) is 9.17. The maximum Gasteiger partial charge on any atom is 0.128 e. The minimum Gasteiger partial charge on any atom is -0.309 e. The first kappa shape index (κ1) is 14.6. The highest BCUT2D eigenvalue weighted by molar-refractivity contribution is 9.10. The lowest BCUT2D eigenvalue weighted by Crippen LogP contribution is -2.19. The Morgan fingerprint density at radius 3 is 2.58 bits per heavy atom. The lowest BCUT2D eigenvalue weighted by atomic mass is 9.98. The Labute approximate surface area is 125 Å². The fraction of sp³-hybridized carbons (Fsp3) is 0.200. The molecular formula is C15H15BrFNS. The standard InChI is InChI=1S/C15H15BrFNS/c1-18-15(11-5-3-4-6-14(11)19-2)12-9-10(16)7-8-13(12)17/h3-9,15,18H,1-2H3. The van der Waals surface area contributed by atoms with Crippen LogP contribution in [0.2, 0.25) is 0 Å². The van der Waals surface area contributed by atoms with Crippen LogP contribution in [0.25, 0.3) is 0 Å². The molecule has 0 spiro atoms. The van der Waals surface area contributed by atoms with Crippen LogP contribution < -0.4 is 5.32 Å². The van der Waals surface area contributed by atoms with Gasteiger partial charge in [0.2, 0.25) is 0 Å². The third-order valence-corrected chi connectivity index (χ3v) is 4.31. The van der Waals surface area contributed by atoms with Crippen molar-refractivity contribution in [3.05, 3.63) is 63.9 Å². The van der Waals surface area contributed by atoms with Gasteiger partial charge in [-0.25, -0.2) is 4.39 Å². The van der Waals surface area contributed by atoms with Crippen molar-refractivity contribution < 1.29 is 4.39 Å². The van der Waals surface area contributed by atoms with Gasteiger partial charge in [0.05, 0.1) is 6.04 Å². The topological polar surface area (TPSA) is 12.0 Å². The van der Waals surface area contributed by atoms with E-state index in [1.807, 2.05) is 37.6 Å². The first-order valence-electron chi connectivity index (χ1n) is 5.92. The van der Waals surface area contributed by atoms with E-state index in [0.717, 1.165) is 14.9 Å². The summed E-state index contributed by atoms with van der Waals surface area (Å²) in [6.07, 6.45) is 2.03. The van der Waals surface area contributed by atoms with E-state index in [-0.39, 0.29) is 11.9 Å². The summed E-state index contributed by atoms with van der Waals surface area (Å²) in [5.74, 6) is -0.196. The monoisotopic (exact) mass is 339 g/mol. The molecule has 0 aliphatic rings. The van der Waals surface area contributed by atoms with E-state index in [4.69, 9.17) is 0 Å². The van der Waals surface area contributed by atoms with Crippen LogP contribution in [0.5, 0.6) is 0 Å². The van der Waals surface area contributed by atoms with Crippen molar-refractivity contribution in [3.8, 4) is 0 Å². The summed E-state index contributed by atoms with van der Waals surface area (Å²) in [5.41, 5.74) is 1.74. The molecule has 1 N–H and O–H groups in total. The molecule has 0 saturated heterocycles. The number of halogens is 2. The molecular weight excluding hydrogens is 325 g/mol. The van der Waals surface area contributed by atoms with Crippen molar-refractivity contribution in [2.24, 2.45) is 0 Å². The number of rotatable bonds is 4. The Morgan fingerprint density at radius 1 is 1.16 bits per heavy atom. The maximum absolute atomic E-state index is 14.1. The van der Waals surface area contributed by atoms with Crippen LogP contribution in [0, 0.1) is 5.82 Å². The van der Waals surface area contributed by atoms with Gasteiger partial charge in [-0.3, -0.25) is 0 Å². The molecule has 0 bridgehead atoms. The zero-order valence-corrected chi connectivity index (χ0v) is 13.2. The molecule has 2 rings (SSSR count). The second-order valence-corrected chi connectivity index (χ2v) is 5.89. The lowest BCUT2D eigenvalue weighted by Gasteiger charge is -2.20. The molecule has 1 atom stereocenters. The molecule has 0 aromatic heterocycles. The predicted molar refractivity (Wildman–Crippen MR) is 83.2 cm³/mol. The summed E-state index contributed by atoms with van der Waals surface area (Å²) in [6, 6.07) is 13.0. The van der Waals surface area contributed by atoms with Crippen molar-refractivity contribution in [1.29, 1.82) is 0 Å². The largest absolute Gasteiger partial charge is 0.309 e. The number of hydrogen-bond donors (Lipinski definition) is 1. The minimum absolute atomic E-state index is 0.152. The minimum atomic E-state index is -0.196. The van der Waals surface area contributed by atoms with E-state index in [9.17, 15) is 4.39 Å². The van der Waals surface area contributed by atoms with Gasteiger partial charge < -0.3 is 5.32 Å². The Kier molecular flexibility index (Phi) is 5.02. The molecule has 2 aromatic rings. The number of nitrogens with one attached hydrogen (secondary N) is 1. The van der Waals surface area contributed by atoms with Crippen molar-refractivity contribution in [2.75, 3.05) is 13.3 Å². The maximum atomic E-state index is 14.1. The Bertz CT molecular complexity index is 574. The van der Waals surface area contributed by atoms with Crippen LogP contribution >= 0.6 is 27.7 Å². The lowest BCUT2D eigenvalue weighted by molar-refractivity contribution is 0.572. The van der Waals surface area contributed by atoms with Gasteiger partial charge in [-0.1, -0.05) is 34.1 Å². The first-order valence-corrected chi connectivity index (χ1v) is 7.94. The van der Waals surface area contributed by atoms with Crippen LogP contribution in [0.1, 0.15) is 17.2 Å². The molecule has 0 radical (unpaired) electrons. The van der Waals surface area contributed by atoms with Crippen LogP contribution in [-0.2, 0) is 0 Å². The van der Waals surface area contributed by atoms with Crippen molar-refractivity contribution in [3.63, 3.8) is 0 Å². The number of hydrogen-bond acceptors (Lipinski definition) is 2. The van der Waals surface area contributed by atoms with Gasteiger partial charge in [-0.15, -0.1) is 11.8 Å². The molecule has 1 unspecified atom stereocenters. The molecule has 2 aromatic carbocycles. The molecule has 19 heavy (non-hydrogen) atoms. The van der Waals surface area contributed by atoms with Crippen molar-refractivity contribution in [2.45, 2.75) is 10.9 Å². The average molecular weight is 340 g/mol. The molecule has 0 amide bonds. The zero-order valence-electron chi connectivity index (χ0n) is 10.8. The Hall–Kier alpha value is -0.840. The molecule has 1 nitrogen and oxygen atoms in total. The van der Waals surface area contributed by atoms with Gasteiger partial charge >= 0.3 is 0 Å². The highest BCUT2D eigenvalue weighted by Gasteiger charge is 2.18. The molecule has 0 heterocycles. The summed E-state index contributed by atoms with van der Waals surface area (Å²) in [6.45, 7) is 0. The third kappa shape index (κ3) is 3.19. The Morgan fingerprint density at radius 2 is 1.89 bits per heavy atom. The highest BCUT2D eigenvalue weighted by Crippen LogP contribution is 2.32. The average Bonchev–Trinajstić information content (AvgIpc) is 2.44. The summed E-state index contributed by atoms with van der Waals surface area (Å²) >= 11 is 5.07. The molecule has 0 saturated carbocycles. The second kappa shape index (κ2) is 6.55. The molecule has 0 aliphatic heterocycles. The summed E-state index contributed by atoms with van der Waals surface area (Å²) in [5, 5.41) is 3.20. The predicted octanol–water partition coefficient (Wildman–Crippen LogP) is 4.62. The SMILES string of the molecule is CNC(c1cc(Br)ccc1F)c1ccccc1SC. The van der Waals surface area contributed by atoms with E-state index in [1.165, 1.54) is 6.07 Å². The quantitative estimate of drug-likeness (QED) is 0.815. The van der Waals surface area contributed by atoms with Gasteiger partial charge in [0.25, 0.3) is 0 Å². The van der Waals surface area contributed by atoms with E-state index in [0.29, 0.717) is 5.56 Å². The summed E-state index contributed by atoms with van der Waals surface area (Å²) in [7, 11) is 1.85. The summed E-state index contributed by atoms with van der Waals surface area (Å²) in [4.78, 5) is 1.15. The fourth-order valence-electron chi connectivity index (χ4n) is 2.12. The molecule has 0 aliphatic carbocycles. The number of benzene rings is 2. The van der Waals surface area contributed by atoms with Crippen LogP contribution in [0.15, 0.2) is 51.8 Å². The third-order valence-electron chi connectivity index (χ3n) is 3.01. The van der Waals surface area contributed by atoms with Gasteiger partial charge in [-0.05, 0) is 43.1 Å². The van der Waals surface area contributed by atoms with E-state index in [1.54, 1.807) is 17.8 Å². The smallest absolute Gasteiger partial charge is 0.128 e. The van der Waals surface area contributed by atoms with Crippen LogP contribution in [-0.4, -0.2) is 13.3 Å². The van der Waals surface area contributed by atoms with Gasteiger partial charge in [0.1, 0.15) is 5.82 Å². The second-order valence-electron chi connectivity index (χ2n) is 4.13. The molecule has 4 heteroatoms. The van der Waals surface area contributed by atoms with E-state index >= 15 is 0 Å². The normalized spacial score (nSPS) is 12.4. The summed E-state index contributed by atoms with van der Waals surface area (Å²) < 4.78 is 14.9. The van der Waals surface area contributed by atoms with Gasteiger partial charge in [0.15, 0.2) is 0 Å².